The molecule has 98 valence electrons. The lowest BCUT2D eigenvalue weighted by atomic mass is 10.3. The van der Waals surface area contributed by atoms with E-state index in [1.165, 1.54) is 0 Å². The highest BCUT2D eigenvalue weighted by Gasteiger charge is 2.11. The van der Waals surface area contributed by atoms with Gasteiger partial charge in [-0.15, -0.1) is 0 Å². The Kier molecular flexibility index (Phi) is 3.18. The first kappa shape index (κ1) is 11.8. The Bertz CT molecular complexity index is 573. The first-order valence-corrected chi connectivity index (χ1v) is 6.42. The summed E-state index contributed by atoms with van der Waals surface area (Å²) in [5.74, 6) is 0.953. The minimum Gasteiger partial charge on any atom is -0.351 e. The van der Waals surface area contributed by atoms with Crippen molar-refractivity contribution >= 4 is 5.96 Å². The SMILES string of the molecule is CN1CCN=C1NCc1ccn(-c2ccccc2)n1. The zero-order chi connectivity index (χ0) is 13.1. The summed E-state index contributed by atoms with van der Waals surface area (Å²) in [6.45, 7) is 2.56. The highest BCUT2D eigenvalue weighted by atomic mass is 15.3. The number of aliphatic imine (C=N–C) groups is 1. The molecule has 1 aromatic heterocycles. The van der Waals surface area contributed by atoms with Gasteiger partial charge in [-0.05, 0) is 18.2 Å². The Hall–Kier alpha value is -2.30. The standard InChI is InChI=1S/C14H17N5/c1-18-10-8-15-14(18)16-11-12-7-9-19(17-12)13-5-3-2-4-6-13/h2-7,9H,8,10-11H2,1H3,(H,15,16). The number of para-hydroxylation sites is 1. The highest BCUT2D eigenvalue weighted by molar-refractivity contribution is 5.81. The van der Waals surface area contributed by atoms with Gasteiger partial charge < -0.3 is 10.2 Å². The fraction of sp³-hybridized carbons (Fsp3) is 0.286. The third-order valence-corrected chi connectivity index (χ3v) is 3.15. The first-order valence-electron chi connectivity index (χ1n) is 6.42. The van der Waals surface area contributed by atoms with Gasteiger partial charge in [0.1, 0.15) is 0 Å². The molecule has 0 unspecified atom stereocenters. The summed E-state index contributed by atoms with van der Waals surface area (Å²) in [7, 11) is 2.04. The minimum absolute atomic E-state index is 0.697. The molecule has 2 aromatic rings. The molecule has 0 radical (unpaired) electrons. The smallest absolute Gasteiger partial charge is 0.194 e. The van der Waals surface area contributed by atoms with Gasteiger partial charge in [0.2, 0.25) is 0 Å². The van der Waals surface area contributed by atoms with Gasteiger partial charge in [0.15, 0.2) is 5.96 Å². The van der Waals surface area contributed by atoms with Gasteiger partial charge in [0.05, 0.1) is 24.5 Å². The topological polar surface area (TPSA) is 45.5 Å². The molecule has 0 amide bonds. The molecule has 0 saturated carbocycles. The van der Waals surface area contributed by atoms with E-state index in [0.717, 1.165) is 30.4 Å². The van der Waals surface area contributed by atoms with Crippen molar-refractivity contribution in [2.45, 2.75) is 6.54 Å². The lowest BCUT2D eigenvalue weighted by molar-refractivity contribution is 0.533. The van der Waals surface area contributed by atoms with Crippen LogP contribution in [0.2, 0.25) is 0 Å². The molecule has 1 aliphatic rings. The van der Waals surface area contributed by atoms with Crippen molar-refractivity contribution in [2.75, 3.05) is 20.1 Å². The Morgan fingerprint density at radius 2 is 2.05 bits per heavy atom. The van der Waals surface area contributed by atoms with Gasteiger partial charge in [-0.3, -0.25) is 4.99 Å². The predicted octanol–water partition coefficient (Wildman–Crippen LogP) is 1.26. The van der Waals surface area contributed by atoms with Gasteiger partial charge >= 0.3 is 0 Å². The number of hydrogen-bond donors (Lipinski definition) is 1. The number of nitrogens with zero attached hydrogens (tertiary/aromatic N) is 4. The van der Waals surface area contributed by atoms with Crippen LogP contribution in [0.25, 0.3) is 5.69 Å². The fourth-order valence-electron chi connectivity index (χ4n) is 2.07. The molecule has 0 bridgehead atoms. The number of likely N-dealkylation sites (N-methyl/N-ethyl adjacent to an activating group) is 1. The summed E-state index contributed by atoms with van der Waals surface area (Å²) in [6.07, 6.45) is 1.98. The molecule has 0 atom stereocenters. The van der Waals surface area contributed by atoms with Crippen LogP contribution in [-0.4, -0.2) is 40.8 Å². The number of hydrogen-bond acceptors (Lipinski definition) is 4. The molecule has 0 fully saturated rings. The molecule has 0 saturated heterocycles. The van der Waals surface area contributed by atoms with E-state index < -0.39 is 0 Å². The molecule has 1 aliphatic heterocycles. The molecule has 3 rings (SSSR count). The molecule has 0 aliphatic carbocycles. The molecule has 5 nitrogen and oxygen atoms in total. The third kappa shape index (κ3) is 2.59. The van der Waals surface area contributed by atoms with E-state index in [9.17, 15) is 0 Å². The van der Waals surface area contributed by atoms with Crippen molar-refractivity contribution in [1.29, 1.82) is 0 Å². The normalized spacial score (nSPS) is 14.6. The van der Waals surface area contributed by atoms with Gasteiger partial charge in [0.25, 0.3) is 0 Å². The van der Waals surface area contributed by atoms with Gasteiger partial charge in [0, 0.05) is 19.8 Å². The van der Waals surface area contributed by atoms with E-state index >= 15 is 0 Å². The Balaban J connectivity index is 1.66. The van der Waals surface area contributed by atoms with Crippen LogP contribution in [0.5, 0.6) is 0 Å². The van der Waals surface area contributed by atoms with Crippen molar-refractivity contribution in [3.63, 3.8) is 0 Å². The lowest BCUT2D eigenvalue weighted by Gasteiger charge is -2.14. The first-order chi connectivity index (χ1) is 9.33. The van der Waals surface area contributed by atoms with E-state index in [1.54, 1.807) is 0 Å². The van der Waals surface area contributed by atoms with Crippen LogP contribution in [0.1, 0.15) is 5.69 Å². The maximum Gasteiger partial charge on any atom is 0.194 e. The number of aromatic nitrogens is 2. The summed E-state index contributed by atoms with van der Waals surface area (Å²) in [4.78, 5) is 6.51. The van der Waals surface area contributed by atoms with Crippen LogP contribution in [0.15, 0.2) is 47.6 Å². The largest absolute Gasteiger partial charge is 0.351 e. The maximum absolute atomic E-state index is 4.55. The molecule has 1 N–H and O–H groups in total. The fourth-order valence-corrected chi connectivity index (χ4v) is 2.07. The van der Waals surface area contributed by atoms with E-state index in [1.807, 2.05) is 54.3 Å². The van der Waals surface area contributed by atoms with Crippen LogP contribution in [-0.2, 0) is 6.54 Å². The van der Waals surface area contributed by atoms with Crippen molar-refractivity contribution in [3.8, 4) is 5.69 Å². The molecule has 5 heteroatoms. The Morgan fingerprint density at radius 3 is 2.79 bits per heavy atom. The van der Waals surface area contributed by atoms with Gasteiger partial charge in [-0.1, -0.05) is 18.2 Å². The van der Waals surface area contributed by atoms with Crippen LogP contribution in [0.4, 0.5) is 0 Å². The minimum atomic E-state index is 0.697. The second-order valence-electron chi connectivity index (χ2n) is 4.57. The zero-order valence-electron chi connectivity index (χ0n) is 11.0. The zero-order valence-corrected chi connectivity index (χ0v) is 11.0. The second-order valence-corrected chi connectivity index (χ2v) is 4.57. The van der Waals surface area contributed by atoms with Gasteiger partial charge in [-0.25, -0.2) is 4.68 Å². The van der Waals surface area contributed by atoms with Crippen molar-refractivity contribution < 1.29 is 0 Å². The quantitative estimate of drug-likeness (QED) is 0.898. The third-order valence-electron chi connectivity index (χ3n) is 3.15. The molecule has 19 heavy (non-hydrogen) atoms. The average molecular weight is 255 g/mol. The Morgan fingerprint density at radius 1 is 1.21 bits per heavy atom. The Labute approximate surface area is 112 Å². The van der Waals surface area contributed by atoms with E-state index in [-0.39, 0.29) is 0 Å². The predicted molar refractivity (Wildman–Crippen MR) is 75.3 cm³/mol. The van der Waals surface area contributed by atoms with Crippen molar-refractivity contribution in [3.05, 3.63) is 48.3 Å². The number of rotatable bonds is 3. The average Bonchev–Trinajstić information content (AvgIpc) is 3.06. The van der Waals surface area contributed by atoms with E-state index in [0.29, 0.717) is 6.54 Å². The van der Waals surface area contributed by atoms with E-state index in [4.69, 9.17) is 0 Å². The molecular formula is C14H17N5. The molecule has 1 aromatic carbocycles. The highest BCUT2D eigenvalue weighted by Crippen LogP contribution is 2.07. The summed E-state index contributed by atoms with van der Waals surface area (Å²) < 4.78 is 1.89. The van der Waals surface area contributed by atoms with Crippen molar-refractivity contribution in [1.82, 2.24) is 20.0 Å². The summed E-state index contributed by atoms with van der Waals surface area (Å²) >= 11 is 0. The molecule has 0 spiro atoms. The van der Waals surface area contributed by atoms with E-state index in [2.05, 4.69) is 20.3 Å². The number of guanidine groups is 1. The van der Waals surface area contributed by atoms with Crippen molar-refractivity contribution in [2.24, 2.45) is 4.99 Å². The second kappa shape index (κ2) is 5.14. The summed E-state index contributed by atoms with van der Waals surface area (Å²) in [5, 5.41) is 7.86. The maximum atomic E-state index is 4.55. The summed E-state index contributed by atoms with van der Waals surface area (Å²) in [6, 6.07) is 12.1. The number of benzene rings is 1. The van der Waals surface area contributed by atoms with Crippen LogP contribution >= 0.6 is 0 Å². The van der Waals surface area contributed by atoms with Gasteiger partial charge in [-0.2, -0.15) is 5.10 Å². The van der Waals surface area contributed by atoms with Crippen LogP contribution in [0, 0.1) is 0 Å². The summed E-state index contributed by atoms with van der Waals surface area (Å²) in [5.41, 5.74) is 2.08. The molecular weight excluding hydrogens is 238 g/mol. The lowest BCUT2D eigenvalue weighted by Crippen LogP contribution is -2.35. The monoisotopic (exact) mass is 255 g/mol. The molecule has 2 heterocycles. The van der Waals surface area contributed by atoms with Crippen LogP contribution in [0.3, 0.4) is 0 Å². The number of nitrogens with one attached hydrogen (secondary N) is 1. The van der Waals surface area contributed by atoms with Crippen LogP contribution < -0.4 is 5.32 Å².